The Morgan fingerprint density at radius 2 is 1.76 bits per heavy atom. The molecule has 2 aromatic carbocycles. The lowest BCUT2D eigenvalue weighted by molar-refractivity contribution is 0.170. The zero-order chi connectivity index (χ0) is 15.2. The molecule has 0 aliphatic rings. The van der Waals surface area contributed by atoms with Gasteiger partial charge in [0.25, 0.3) is 0 Å². The fraction of sp³-hybridized carbons (Fsp3) is 0.250. The van der Waals surface area contributed by atoms with E-state index in [0.717, 1.165) is 12.1 Å². The van der Waals surface area contributed by atoms with Gasteiger partial charge in [-0.3, -0.25) is 0 Å². The zero-order valence-electron chi connectivity index (χ0n) is 11.3. The minimum absolute atomic E-state index is 0.0368. The summed E-state index contributed by atoms with van der Waals surface area (Å²) >= 11 is 0. The van der Waals surface area contributed by atoms with Gasteiger partial charge in [0.05, 0.1) is 6.10 Å². The maximum absolute atomic E-state index is 13.5. The summed E-state index contributed by atoms with van der Waals surface area (Å²) in [7, 11) is 0. The zero-order valence-corrected chi connectivity index (χ0v) is 11.3. The van der Waals surface area contributed by atoms with Gasteiger partial charge >= 0.3 is 0 Å². The van der Waals surface area contributed by atoms with E-state index < -0.39 is 17.7 Å². The minimum atomic E-state index is -1.08. The molecule has 0 fully saturated rings. The van der Waals surface area contributed by atoms with Crippen molar-refractivity contribution in [2.45, 2.75) is 12.5 Å². The van der Waals surface area contributed by atoms with E-state index in [2.05, 4.69) is 5.32 Å². The molecule has 0 spiro atoms. The maximum atomic E-state index is 13.5. The third-order valence-electron chi connectivity index (χ3n) is 3.19. The highest BCUT2D eigenvalue weighted by atomic mass is 19.1. The Bertz CT molecular complexity index is 604. The topological polar surface area (TPSA) is 32.3 Å². The lowest BCUT2D eigenvalue weighted by Gasteiger charge is -2.13. The fourth-order valence-corrected chi connectivity index (χ4v) is 2.04. The van der Waals surface area contributed by atoms with Crippen LogP contribution < -0.4 is 5.32 Å². The number of hydrogen-bond donors (Lipinski definition) is 2. The van der Waals surface area contributed by atoms with Crippen LogP contribution in [0, 0.1) is 17.5 Å². The van der Waals surface area contributed by atoms with Gasteiger partial charge in [0.2, 0.25) is 0 Å². The van der Waals surface area contributed by atoms with Crippen LogP contribution in [0.2, 0.25) is 0 Å². The molecule has 1 atom stereocenters. The summed E-state index contributed by atoms with van der Waals surface area (Å²) in [5, 5.41) is 12.8. The number of rotatable bonds is 6. The second-order valence-corrected chi connectivity index (χ2v) is 4.73. The van der Waals surface area contributed by atoms with E-state index in [1.54, 1.807) is 18.2 Å². The molecule has 1 unspecified atom stereocenters. The molecule has 2 nitrogen and oxygen atoms in total. The van der Waals surface area contributed by atoms with Crippen LogP contribution in [0.25, 0.3) is 0 Å². The van der Waals surface area contributed by atoms with Crippen molar-refractivity contribution >= 4 is 0 Å². The summed E-state index contributed by atoms with van der Waals surface area (Å²) in [5.74, 6) is -1.74. The molecule has 0 saturated carbocycles. The number of hydrogen-bond acceptors (Lipinski definition) is 2. The quantitative estimate of drug-likeness (QED) is 0.803. The van der Waals surface area contributed by atoms with E-state index in [9.17, 15) is 18.3 Å². The smallest absolute Gasteiger partial charge is 0.131 e. The highest BCUT2D eigenvalue weighted by Gasteiger charge is 2.13. The molecule has 0 aliphatic heterocycles. The monoisotopic (exact) mass is 295 g/mol. The average Bonchev–Trinajstić information content (AvgIpc) is 2.45. The lowest BCUT2D eigenvalue weighted by atomic mass is 10.1. The third kappa shape index (κ3) is 4.31. The van der Waals surface area contributed by atoms with E-state index in [1.165, 1.54) is 12.1 Å². The van der Waals surface area contributed by atoms with Crippen molar-refractivity contribution in [1.29, 1.82) is 0 Å². The predicted octanol–water partition coefficient (Wildman–Crippen LogP) is 2.97. The van der Waals surface area contributed by atoms with Crippen LogP contribution >= 0.6 is 0 Å². The van der Waals surface area contributed by atoms with E-state index >= 15 is 0 Å². The lowest BCUT2D eigenvalue weighted by Crippen LogP contribution is -2.24. The summed E-state index contributed by atoms with van der Waals surface area (Å²) in [6.07, 6.45) is -0.614. The molecule has 0 aliphatic carbocycles. The van der Waals surface area contributed by atoms with Crippen molar-refractivity contribution in [1.82, 2.24) is 5.32 Å². The molecule has 0 aromatic heterocycles. The van der Waals surface area contributed by atoms with Crippen molar-refractivity contribution in [3.05, 3.63) is 71.0 Å². The van der Waals surface area contributed by atoms with Gasteiger partial charge in [-0.15, -0.1) is 0 Å². The molecule has 112 valence electrons. The number of aliphatic hydroxyl groups is 1. The molecule has 0 heterocycles. The molecule has 21 heavy (non-hydrogen) atoms. The number of aliphatic hydroxyl groups excluding tert-OH is 1. The van der Waals surface area contributed by atoms with Gasteiger partial charge in [0.15, 0.2) is 0 Å². The van der Waals surface area contributed by atoms with Crippen LogP contribution in [0.4, 0.5) is 13.2 Å². The third-order valence-corrected chi connectivity index (χ3v) is 3.19. The van der Waals surface area contributed by atoms with Crippen molar-refractivity contribution in [2.24, 2.45) is 0 Å². The van der Waals surface area contributed by atoms with E-state index in [1.807, 2.05) is 0 Å². The summed E-state index contributed by atoms with van der Waals surface area (Å²) < 4.78 is 39.6. The number of nitrogens with one attached hydrogen (secondary N) is 1. The molecular weight excluding hydrogens is 279 g/mol. The first-order valence-corrected chi connectivity index (χ1v) is 6.65. The summed E-state index contributed by atoms with van der Waals surface area (Å²) in [6.45, 7) is 0.553. The largest absolute Gasteiger partial charge is 0.387 e. The molecule has 2 rings (SSSR count). The Hall–Kier alpha value is -1.85. The van der Waals surface area contributed by atoms with Gasteiger partial charge in [-0.1, -0.05) is 24.3 Å². The SMILES string of the molecule is OC(CNCCc1ccccc1F)c1ccc(F)cc1F. The molecule has 0 saturated heterocycles. The van der Waals surface area contributed by atoms with Gasteiger partial charge in [-0.2, -0.15) is 0 Å². The van der Waals surface area contributed by atoms with Crippen LogP contribution in [0.1, 0.15) is 17.2 Å². The fourth-order valence-electron chi connectivity index (χ4n) is 2.04. The van der Waals surface area contributed by atoms with Crippen LogP contribution in [-0.2, 0) is 6.42 Å². The summed E-state index contributed by atoms with van der Waals surface area (Å²) in [5.41, 5.74) is 0.613. The van der Waals surface area contributed by atoms with Crippen LogP contribution in [-0.4, -0.2) is 18.2 Å². The maximum Gasteiger partial charge on any atom is 0.131 e. The van der Waals surface area contributed by atoms with Crippen LogP contribution in [0.5, 0.6) is 0 Å². The summed E-state index contributed by atoms with van der Waals surface area (Å²) in [4.78, 5) is 0. The molecule has 0 amide bonds. The Kier molecular flexibility index (Phi) is 5.36. The first-order valence-electron chi connectivity index (χ1n) is 6.65. The Morgan fingerprint density at radius 1 is 1.00 bits per heavy atom. The Morgan fingerprint density at radius 3 is 2.48 bits per heavy atom. The Labute approximate surface area is 121 Å². The minimum Gasteiger partial charge on any atom is -0.387 e. The molecular formula is C16H16F3NO. The highest BCUT2D eigenvalue weighted by Crippen LogP contribution is 2.17. The molecule has 2 aromatic rings. The van der Waals surface area contributed by atoms with Crippen molar-refractivity contribution < 1.29 is 18.3 Å². The second kappa shape index (κ2) is 7.24. The van der Waals surface area contributed by atoms with Crippen molar-refractivity contribution in [2.75, 3.05) is 13.1 Å². The molecule has 0 radical (unpaired) electrons. The van der Waals surface area contributed by atoms with E-state index in [4.69, 9.17) is 0 Å². The van der Waals surface area contributed by atoms with Crippen LogP contribution in [0.3, 0.4) is 0 Å². The Balaban J connectivity index is 1.82. The van der Waals surface area contributed by atoms with Gasteiger partial charge in [0.1, 0.15) is 17.5 Å². The van der Waals surface area contributed by atoms with Gasteiger partial charge in [0, 0.05) is 18.2 Å². The van der Waals surface area contributed by atoms with Crippen LogP contribution in [0.15, 0.2) is 42.5 Å². The molecule has 2 N–H and O–H groups in total. The predicted molar refractivity (Wildman–Crippen MR) is 74.3 cm³/mol. The standard InChI is InChI=1S/C16H16F3NO/c17-12-5-6-13(15(19)9-12)16(21)10-20-8-7-11-3-1-2-4-14(11)18/h1-6,9,16,20-21H,7-8,10H2. The van der Waals surface area contributed by atoms with Crippen molar-refractivity contribution in [3.63, 3.8) is 0 Å². The number of halogens is 3. The number of benzene rings is 2. The van der Waals surface area contributed by atoms with Crippen molar-refractivity contribution in [3.8, 4) is 0 Å². The molecule has 5 heteroatoms. The van der Waals surface area contributed by atoms with Gasteiger partial charge in [-0.05, 0) is 30.7 Å². The van der Waals surface area contributed by atoms with Gasteiger partial charge in [-0.25, -0.2) is 13.2 Å². The normalized spacial score (nSPS) is 12.4. The first-order chi connectivity index (χ1) is 10.1. The van der Waals surface area contributed by atoms with E-state index in [-0.39, 0.29) is 17.9 Å². The van der Waals surface area contributed by atoms with Gasteiger partial charge < -0.3 is 10.4 Å². The molecule has 0 bridgehead atoms. The first kappa shape index (κ1) is 15.5. The van der Waals surface area contributed by atoms with E-state index in [0.29, 0.717) is 18.5 Å². The second-order valence-electron chi connectivity index (χ2n) is 4.73. The summed E-state index contributed by atoms with van der Waals surface area (Å²) in [6, 6.07) is 9.49. The average molecular weight is 295 g/mol. The highest BCUT2D eigenvalue weighted by molar-refractivity contribution is 5.21.